The van der Waals surface area contributed by atoms with Gasteiger partial charge in [0.05, 0.1) is 12.3 Å². The molecule has 2 N–H and O–H groups in total. The molecule has 0 spiro atoms. The fourth-order valence-electron chi connectivity index (χ4n) is 2.19. The van der Waals surface area contributed by atoms with Gasteiger partial charge in [0.15, 0.2) is 0 Å². The van der Waals surface area contributed by atoms with Crippen molar-refractivity contribution in [1.29, 1.82) is 0 Å². The Morgan fingerprint density at radius 3 is 2.54 bits per heavy atom. The molecule has 0 aliphatic carbocycles. The minimum Gasteiger partial charge on any atom is -0.492 e. The Balaban J connectivity index is 2.18. The Hall–Kier alpha value is -2.82. The van der Waals surface area contributed by atoms with Gasteiger partial charge in [0.2, 0.25) is 5.91 Å². The number of carbonyl (C=O) groups excluding carboxylic acids is 2. The van der Waals surface area contributed by atoms with Crippen LogP contribution in [0.25, 0.3) is 0 Å². The number of benzene rings is 2. The number of anilines is 2. The normalized spacial score (nSPS) is 10.1. The third-order valence-corrected chi connectivity index (χ3v) is 3.41. The van der Waals surface area contributed by atoms with Gasteiger partial charge in [-0.25, -0.2) is 0 Å². The van der Waals surface area contributed by atoms with E-state index in [9.17, 15) is 9.59 Å². The van der Waals surface area contributed by atoms with Crippen molar-refractivity contribution < 1.29 is 14.3 Å². The summed E-state index contributed by atoms with van der Waals surface area (Å²) in [5.74, 6) is 0.290. The molecular weight excluding hydrogens is 304 g/mol. The minimum atomic E-state index is -0.257. The first-order valence-electron chi connectivity index (χ1n) is 7.98. The quantitative estimate of drug-likeness (QED) is 0.843. The molecule has 24 heavy (non-hydrogen) atoms. The van der Waals surface area contributed by atoms with Crippen LogP contribution < -0.4 is 15.4 Å². The van der Waals surface area contributed by atoms with Gasteiger partial charge in [0.25, 0.3) is 5.91 Å². The Labute approximate surface area is 142 Å². The maximum absolute atomic E-state index is 12.5. The number of ether oxygens (including phenoxy) is 1. The first-order chi connectivity index (χ1) is 11.5. The monoisotopic (exact) mass is 326 g/mol. The highest BCUT2D eigenvalue weighted by Gasteiger charge is 2.11. The summed E-state index contributed by atoms with van der Waals surface area (Å²) in [6.07, 6.45) is 0.386. The summed E-state index contributed by atoms with van der Waals surface area (Å²) in [4.78, 5) is 24.0. The van der Waals surface area contributed by atoms with Gasteiger partial charge < -0.3 is 15.4 Å². The molecule has 0 aliphatic rings. The third kappa shape index (κ3) is 4.59. The van der Waals surface area contributed by atoms with Crippen LogP contribution in [0.5, 0.6) is 5.75 Å². The first kappa shape index (κ1) is 17.5. The van der Waals surface area contributed by atoms with E-state index in [0.717, 1.165) is 5.56 Å². The van der Waals surface area contributed by atoms with Gasteiger partial charge in [-0.1, -0.05) is 19.1 Å². The summed E-state index contributed by atoms with van der Waals surface area (Å²) in [7, 11) is 0. The smallest absolute Gasteiger partial charge is 0.255 e. The number of rotatable bonds is 6. The number of nitrogens with one attached hydrogen (secondary N) is 2. The molecule has 0 heterocycles. The molecule has 0 radical (unpaired) electrons. The predicted molar refractivity (Wildman–Crippen MR) is 95.7 cm³/mol. The molecule has 0 aliphatic heterocycles. The van der Waals surface area contributed by atoms with Crippen molar-refractivity contribution in [2.75, 3.05) is 17.2 Å². The highest BCUT2D eigenvalue weighted by atomic mass is 16.5. The number of hydrogen-bond donors (Lipinski definition) is 2. The second-order valence-electron chi connectivity index (χ2n) is 5.37. The van der Waals surface area contributed by atoms with Crippen molar-refractivity contribution in [3.63, 3.8) is 0 Å². The summed E-state index contributed by atoms with van der Waals surface area (Å²) in [6, 6.07) is 12.5. The van der Waals surface area contributed by atoms with Gasteiger partial charge in [-0.3, -0.25) is 9.59 Å². The van der Waals surface area contributed by atoms with E-state index < -0.39 is 0 Å². The lowest BCUT2D eigenvalue weighted by Gasteiger charge is -2.13. The molecule has 0 aromatic heterocycles. The molecule has 0 fully saturated rings. The molecule has 5 heteroatoms. The Morgan fingerprint density at radius 2 is 1.83 bits per heavy atom. The molecule has 2 aromatic rings. The van der Waals surface area contributed by atoms with Crippen molar-refractivity contribution in [3.8, 4) is 5.75 Å². The third-order valence-electron chi connectivity index (χ3n) is 3.41. The molecule has 2 aromatic carbocycles. The van der Waals surface area contributed by atoms with Gasteiger partial charge in [-0.15, -0.1) is 0 Å². The minimum absolute atomic E-state index is 0.0928. The molecule has 5 nitrogen and oxygen atoms in total. The standard InChI is InChI=1S/C19H22N2O3/c1-4-18(22)20-15-8-6-7-14(12-15)19(23)21-16-10-9-13(3)11-17(16)24-5-2/h6-12H,4-5H2,1-3H3,(H,20,22)(H,21,23). The second-order valence-corrected chi connectivity index (χ2v) is 5.37. The number of aryl methyl sites for hydroxylation is 1. The highest BCUT2D eigenvalue weighted by Crippen LogP contribution is 2.26. The van der Waals surface area contributed by atoms with Crippen LogP contribution in [-0.2, 0) is 4.79 Å². The van der Waals surface area contributed by atoms with Crippen LogP contribution >= 0.6 is 0 Å². The largest absolute Gasteiger partial charge is 0.492 e. The topological polar surface area (TPSA) is 67.4 Å². The van der Waals surface area contributed by atoms with E-state index in [0.29, 0.717) is 35.7 Å². The second kappa shape index (κ2) is 8.15. The zero-order chi connectivity index (χ0) is 17.5. The van der Waals surface area contributed by atoms with Crippen LogP contribution in [0.1, 0.15) is 36.2 Å². The van der Waals surface area contributed by atoms with Gasteiger partial charge in [0, 0.05) is 17.7 Å². The lowest BCUT2D eigenvalue weighted by Crippen LogP contribution is -2.14. The maximum Gasteiger partial charge on any atom is 0.255 e. The van der Waals surface area contributed by atoms with E-state index in [2.05, 4.69) is 10.6 Å². The fourth-order valence-corrected chi connectivity index (χ4v) is 2.19. The van der Waals surface area contributed by atoms with Crippen LogP contribution in [0.3, 0.4) is 0 Å². The molecule has 2 rings (SSSR count). The molecule has 0 bridgehead atoms. The van der Waals surface area contributed by atoms with Gasteiger partial charge in [-0.2, -0.15) is 0 Å². The van der Waals surface area contributed by atoms with Crippen LogP contribution in [0.15, 0.2) is 42.5 Å². The number of amides is 2. The highest BCUT2D eigenvalue weighted by molar-refractivity contribution is 6.06. The maximum atomic E-state index is 12.5. The zero-order valence-corrected chi connectivity index (χ0v) is 14.2. The van der Waals surface area contributed by atoms with E-state index in [1.54, 1.807) is 31.2 Å². The van der Waals surface area contributed by atoms with Crippen molar-refractivity contribution >= 4 is 23.2 Å². The van der Waals surface area contributed by atoms with Gasteiger partial charge >= 0.3 is 0 Å². The molecule has 2 amide bonds. The van der Waals surface area contributed by atoms with Crippen molar-refractivity contribution in [1.82, 2.24) is 0 Å². The van der Waals surface area contributed by atoms with Gasteiger partial charge in [0.1, 0.15) is 5.75 Å². The van der Waals surface area contributed by atoms with Crippen LogP contribution in [0, 0.1) is 6.92 Å². The van der Waals surface area contributed by atoms with Crippen molar-refractivity contribution in [3.05, 3.63) is 53.6 Å². The fraction of sp³-hybridized carbons (Fsp3) is 0.263. The lowest BCUT2D eigenvalue weighted by molar-refractivity contribution is -0.115. The van der Waals surface area contributed by atoms with Crippen molar-refractivity contribution in [2.45, 2.75) is 27.2 Å². The summed E-state index contributed by atoms with van der Waals surface area (Å²) >= 11 is 0. The molecular formula is C19H22N2O3. The van der Waals surface area contributed by atoms with E-state index in [-0.39, 0.29) is 11.8 Å². The molecule has 0 saturated carbocycles. The van der Waals surface area contributed by atoms with Crippen molar-refractivity contribution in [2.24, 2.45) is 0 Å². The van der Waals surface area contributed by atoms with Crippen LogP contribution in [0.2, 0.25) is 0 Å². The van der Waals surface area contributed by atoms with Crippen LogP contribution in [-0.4, -0.2) is 18.4 Å². The summed E-state index contributed by atoms with van der Waals surface area (Å²) in [5.41, 5.74) is 2.74. The SMILES string of the molecule is CCOc1cc(C)ccc1NC(=O)c1cccc(NC(=O)CC)c1. The lowest BCUT2D eigenvalue weighted by atomic mass is 10.1. The van der Waals surface area contributed by atoms with E-state index in [1.807, 2.05) is 32.0 Å². The summed E-state index contributed by atoms with van der Waals surface area (Å²) in [5, 5.41) is 5.60. The Morgan fingerprint density at radius 1 is 1.04 bits per heavy atom. The average Bonchev–Trinajstić information content (AvgIpc) is 2.57. The van der Waals surface area contributed by atoms with E-state index in [1.165, 1.54) is 0 Å². The number of carbonyl (C=O) groups is 2. The summed E-state index contributed by atoms with van der Waals surface area (Å²) < 4.78 is 5.57. The molecule has 0 atom stereocenters. The van der Waals surface area contributed by atoms with Crippen LogP contribution in [0.4, 0.5) is 11.4 Å². The molecule has 0 saturated heterocycles. The average molecular weight is 326 g/mol. The predicted octanol–water partition coefficient (Wildman–Crippen LogP) is 3.99. The molecule has 126 valence electrons. The number of hydrogen-bond acceptors (Lipinski definition) is 3. The zero-order valence-electron chi connectivity index (χ0n) is 14.2. The molecule has 0 unspecified atom stereocenters. The summed E-state index contributed by atoms with van der Waals surface area (Å²) in [6.45, 7) is 6.16. The Kier molecular flexibility index (Phi) is 5.95. The van der Waals surface area contributed by atoms with Gasteiger partial charge in [-0.05, 0) is 49.7 Å². The van der Waals surface area contributed by atoms with E-state index >= 15 is 0 Å². The Bertz CT molecular complexity index is 741. The van der Waals surface area contributed by atoms with E-state index in [4.69, 9.17) is 4.74 Å². The first-order valence-corrected chi connectivity index (χ1v) is 7.98.